The fourth-order valence-electron chi connectivity index (χ4n) is 2.72. The van der Waals surface area contributed by atoms with Crippen molar-refractivity contribution < 1.29 is 9.59 Å². The number of hydrogen-bond donors (Lipinski definition) is 2. The van der Waals surface area contributed by atoms with E-state index in [-0.39, 0.29) is 23.8 Å². The molecule has 2 heterocycles. The van der Waals surface area contributed by atoms with Crippen LogP contribution in [0.5, 0.6) is 0 Å². The van der Waals surface area contributed by atoms with E-state index >= 15 is 0 Å². The van der Waals surface area contributed by atoms with E-state index in [1.807, 2.05) is 6.92 Å². The summed E-state index contributed by atoms with van der Waals surface area (Å²) in [4.78, 5) is 55.2. The molecular formula is C15H22N4O4. The van der Waals surface area contributed by atoms with Crippen molar-refractivity contribution in [3.8, 4) is 0 Å². The van der Waals surface area contributed by atoms with Gasteiger partial charge >= 0.3 is 5.69 Å². The van der Waals surface area contributed by atoms with Crippen molar-refractivity contribution in [2.24, 2.45) is 0 Å². The van der Waals surface area contributed by atoms with Crippen LogP contribution in [0.15, 0.2) is 15.8 Å². The van der Waals surface area contributed by atoms with Crippen LogP contribution in [0.1, 0.15) is 31.7 Å². The summed E-state index contributed by atoms with van der Waals surface area (Å²) in [6.07, 6.45) is 3.53. The first-order valence-electron chi connectivity index (χ1n) is 7.79. The van der Waals surface area contributed by atoms with Crippen LogP contribution >= 0.6 is 0 Å². The third kappa shape index (κ3) is 3.88. The number of rotatable bonds is 5. The molecule has 8 heteroatoms. The highest BCUT2D eigenvalue weighted by atomic mass is 16.2. The third-order valence-electron chi connectivity index (χ3n) is 4.10. The number of carbonyl (C=O) groups excluding carboxylic acids is 2. The van der Waals surface area contributed by atoms with Crippen LogP contribution in [-0.4, -0.2) is 57.8 Å². The van der Waals surface area contributed by atoms with Crippen molar-refractivity contribution in [1.29, 1.82) is 0 Å². The van der Waals surface area contributed by atoms with Gasteiger partial charge in [0.2, 0.25) is 11.8 Å². The summed E-state index contributed by atoms with van der Waals surface area (Å²) in [7, 11) is 1.73. The average molecular weight is 322 g/mol. The largest absolute Gasteiger partial charge is 0.342 e. The summed E-state index contributed by atoms with van der Waals surface area (Å²) >= 11 is 0. The molecule has 1 aromatic heterocycles. The summed E-state index contributed by atoms with van der Waals surface area (Å²) in [5, 5.41) is 0. The van der Waals surface area contributed by atoms with Crippen molar-refractivity contribution >= 4 is 11.8 Å². The summed E-state index contributed by atoms with van der Waals surface area (Å²) in [5.41, 5.74) is -0.996. The van der Waals surface area contributed by atoms with E-state index in [9.17, 15) is 19.2 Å². The first kappa shape index (κ1) is 17.0. The number of hydrogen-bond acceptors (Lipinski definition) is 4. The summed E-state index contributed by atoms with van der Waals surface area (Å²) in [6, 6.07) is -0.469. The highest BCUT2D eigenvalue weighted by molar-refractivity contribution is 5.89. The normalized spacial score (nSPS) is 18.3. The molecule has 0 spiro atoms. The first-order chi connectivity index (χ1) is 10.9. The molecule has 126 valence electrons. The van der Waals surface area contributed by atoms with Crippen molar-refractivity contribution in [3.05, 3.63) is 32.6 Å². The molecule has 0 saturated carbocycles. The van der Waals surface area contributed by atoms with Crippen molar-refractivity contribution in [2.45, 2.75) is 38.6 Å². The van der Waals surface area contributed by atoms with Crippen LogP contribution in [-0.2, 0) is 16.0 Å². The molecule has 1 aliphatic heterocycles. The molecule has 0 unspecified atom stereocenters. The van der Waals surface area contributed by atoms with Gasteiger partial charge in [-0.15, -0.1) is 0 Å². The van der Waals surface area contributed by atoms with E-state index < -0.39 is 17.3 Å². The lowest BCUT2D eigenvalue weighted by atomic mass is 10.0. The predicted molar refractivity (Wildman–Crippen MR) is 84.1 cm³/mol. The average Bonchev–Trinajstić information content (AvgIpc) is 2.51. The lowest BCUT2D eigenvalue weighted by Gasteiger charge is -2.39. The Morgan fingerprint density at radius 1 is 1.30 bits per heavy atom. The molecule has 2 rings (SSSR count). The first-order valence-corrected chi connectivity index (χ1v) is 7.79. The molecule has 0 aliphatic carbocycles. The summed E-state index contributed by atoms with van der Waals surface area (Å²) in [6.45, 7) is 2.97. The van der Waals surface area contributed by atoms with Gasteiger partial charge in [0.05, 0.1) is 6.42 Å². The zero-order chi connectivity index (χ0) is 17.0. The van der Waals surface area contributed by atoms with Crippen molar-refractivity contribution in [3.63, 3.8) is 0 Å². The molecule has 2 amide bonds. The second-order valence-corrected chi connectivity index (χ2v) is 5.78. The number of carbonyl (C=O) groups is 2. The molecule has 2 N–H and O–H groups in total. The Balaban J connectivity index is 2.16. The minimum Gasteiger partial charge on any atom is -0.342 e. The molecule has 1 aromatic rings. The van der Waals surface area contributed by atoms with Crippen LogP contribution in [0.4, 0.5) is 0 Å². The minimum absolute atomic E-state index is 0.0616. The van der Waals surface area contributed by atoms with Crippen LogP contribution in [0.3, 0.4) is 0 Å². The molecule has 1 saturated heterocycles. The lowest BCUT2D eigenvalue weighted by Crippen LogP contribution is -2.58. The fourth-order valence-corrected chi connectivity index (χ4v) is 2.72. The standard InChI is InChI=1S/C15H22N4O4/c1-3-4-5-11-14(22)18(2)6-7-19(11)12(20)8-10-9-16-15(23)17-13(10)21/h9,11H,3-8H2,1-2H3,(H2,16,17,21,23)/t11-/m0/s1. The van der Waals surface area contributed by atoms with E-state index in [2.05, 4.69) is 9.97 Å². The molecule has 0 bridgehead atoms. The Labute approximate surface area is 133 Å². The number of aromatic nitrogens is 2. The number of piperazine rings is 1. The van der Waals surface area contributed by atoms with Gasteiger partial charge in [-0.05, 0) is 6.42 Å². The highest BCUT2D eigenvalue weighted by Gasteiger charge is 2.35. The van der Waals surface area contributed by atoms with E-state index in [0.29, 0.717) is 19.5 Å². The Morgan fingerprint density at radius 2 is 2.04 bits per heavy atom. The van der Waals surface area contributed by atoms with Crippen LogP contribution in [0, 0.1) is 0 Å². The van der Waals surface area contributed by atoms with E-state index in [1.165, 1.54) is 6.20 Å². The van der Waals surface area contributed by atoms with Gasteiger partial charge in [-0.25, -0.2) is 4.79 Å². The maximum absolute atomic E-state index is 12.5. The molecule has 1 fully saturated rings. The number of H-pyrrole nitrogens is 2. The maximum Gasteiger partial charge on any atom is 0.325 e. The van der Waals surface area contributed by atoms with E-state index in [4.69, 9.17) is 0 Å². The number of aromatic amines is 2. The van der Waals surface area contributed by atoms with Gasteiger partial charge in [-0.2, -0.15) is 0 Å². The van der Waals surface area contributed by atoms with Gasteiger partial charge in [-0.1, -0.05) is 19.8 Å². The second-order valence-electron chi connectivity index (χ2n) is 5.78. The Bertz CT molecular complexity index is 693. The maximum atomic E-state index is 12.5. The van der Waals surface area contributed by atoms with Crippen molar-refractivity contribution in [1.82, 2.24) is 19.8 Å². The van der Waals surface area contributed by atoms with Gasteiger partial charge in [-0.3, -0.25) is 19.4 Å². The lowest BCUT2D eigenvalue weighted by molar-refractivity contribution is -0.150. The van der Waals surface area contributed by atoms with Crippen molar-refractivity contribution in [2.75, 3.05) is 20.1 Å². The zero-order valence-corrected chi connectivity index (χ0v) is 13.4. The second kappa shape index (κ2) is 7.26. The Hall–Kier alpha value is -2.38. The SMILES string of the molecule is CCCC[C@H]1C(=O)N(C)CCN1C(=O)Cc1c[nH]c(=O)[nH]c1=O. The molecule has 0 aromatic carbocycles. The zero-order valence-electron chi connectivity index (χ0n) is 13.4. The third-order valence-corrected chi connectivity index (χ3v) is 4.10. The summed E-state index contributed by atoms with van der Waals surface area (Å²) in [5.74, 6) is -0.335. The molecule has 23 heavy (non-hydrogen) atoms. The Morgan fingerprint density at radius 3 is 2.70 bits per heavy atom. The molecular weight excluding hydrogens is 300 g/mol. The molecule has 8 nitrogen and oxygen atoms in total. The number of nitrogens with one attached hydrogen (secondary N) is 2. The topological polar surface area (TPSA) is 106 Å². The van der Waals surface area contributed by atoms with Gasteiger partial charge in [0, 0.05) is 31.9 Å². The quantitative estimate of drug-likeness (QED) is 0.759. The summed E-state index contributed by atoms with van der Waals surface area (Å²) < 4.78 is 0. The highest BCUT2D eigenvalue weighted by Crippen LogP contribution is 2.17. The van der Waals surface area contributed by atoms with Gasteiger partial charge in [0.25, 0.3) is 5.56 Å². The number of likely N-dealkylation sites (N-methyl/N-ethyl adjacent to an activating group) is 1. The minimum atomic E-state index is -0.609. The monoisotopic (exact) mass is 322 g/mol. The number of amides is 2. The molecule has 1 atom stereocenters. The van der Waals surface area contributed by atoms with Gasteiger partial charge in [0.1, 0.15) is 6.04 Å². The fraction of sp³-hybridized carbons (Fsp3) is 0.600. The van der Waals surface area contributed by atoms with Gasteiger partial charge < -0.3 is 14.8 Å². The van der Waals surface area contributed by atoms with Crippen LogP contribution in [0.2, 0.25) is 0 Å². The number of unbranched alkanes of at least 4 members (excludes halogenated alkanes) is 1. The van der Waals surface area contributed by atoms with Crippen LogP contribution in [0.25, 0.3) is 0 Å². The van der Waals surface area contributed by atoms with Crippen LogP contribution < -0.4 is 11.2 Å². The van der Waals surface area contributed by atoms with E-state index in [0.717, 1.165) is 12.8 Å². The number of nitrogens with zero attached hydrogens (tertiary/aromatic N) is 2. The molecule has 1 aliphatic rings. The molecule has 0 radical (unpaired) electrons. The van der Waals surface area contributed by atoms with Gasteiger partial charge in [0.15, 0.2) is 0 Å². The van der Waals surface area contributed by atoms with E-state index in [1.54, 1.807) is 16.8 Å². The predicted octanol–water partition coefficient (Wildman–Crippen LogP) is -0.535. The smallest absolute Gasteiger partial charge is 0.325 e. The Kier molecular flexibility index (Phi) is 5.36.